The molecule has 0 saturated heterocycles. The minimum Gasteiger partial charge on any atom is -0.456 e. The van der Waals surface area contributed by atoms with Gasteiger partial charge < -0.3 is 4.42 Å². The van der Waals surface area contributed by atoms with Crippen molar-refractivity contribution in [2.24, 2.45) is 0 Å². The quantitative estimate of drug-likeness (QED) is 0.159. The lowest BCUT2D eigenvalue weighted by atomic mass is 9.58. The fourth-order valence-electron chi connectivity index (χ4n) is 9.35. The Hall–Kier alpha value is -5.94. The predicted molar refractivity (Wildman–Crippen MR) is 290 cm³/mol. The molecule has 274 valence electrons. The minimum atomic E-state index is 0.632. The van der Waals surface area contributed by atoms with Gasteiger partial charge in [0, 0.05) is 33.0 Å². The first-order valence-electron chi connectivity index (χ1n) is 21.0. The monoisotopic (exact) mass is 759 g/mol. The summed E-state index contributed by atoms with van der Waals surface area (Å²) in [5.74, 6) is 1.91. The standard InChI is InChI=1S/C45H40B11N3O/c46-30-26(25-32(48)35(51)38(54)36(52)33(25)49)41-27(28-34(50)37(53)39(55)40(56)42(28)60-41)31(47)29(30)45-58-43(23-15-11-21(12-16-23)19-7-3-1-4-8-19)57-44(59-45)24-17-13-22(14-18-24)20-9-5-2-6-10-20/h1-18H,46-56H2. The SMILES string of the molecule is Bc1c(B)c(B)c(-c2c(B)c(-c3nc(-c4ccc(-c5ccccc5)cc4)nc(-c4ccc(-c5ccccc5)cc4)n3)c(B)c3c2oc2c(B)c(B)c(B)c(B)c23)c(B)c1B. The first-order valence-corrected chi connectivity index (χ1v) is 21.0. The van der Waals surface area contributed by atoms with E-state index < -0.39 is 0 Å². The molecule has 0 bridgehead atoms. The van der Waals surface area contributed by atoms with E-state index in [9.17, 15) is 0 Å². The third-order valence-corrected chi connectivity index (χ3v) is 13.6. The van der Waals surface area contributed by atoms with Crippen LogP contribution in [-0.4, -0.2) is 101 Å². The highest BCUT2D eigenvalue weighted by Gasteiger charge is 2.28. The zero-order valence-electron chi connectivity index (χ0n) is 36.6. The van der Waals surface area contributed by atoms with E-state index in [0.29, 0.717) is 17.5 Å². The number of hydrogen-bond acceptors (Lipinski definition) is 4. The summed E-state index contributed by atoms with van der Waals surface area (Å²) in [5, 5.41) is 2.30. The van der Waals surface area contributed by atoms with Crippen molar-refractivity contribution in [1.29, 1.82) is 0 Å². The second kappa shape index (κ2) is 15.3. The zero-order valence-corrected chi connectivity index (χ0v) is 36.6. The summed E-state index contributed by atoms with van der Waals surface area (Å²) in [7, 11) is 24.6. The third-order valence-electron chi connectivity index (χ3n) is 13.6. The van der Waals surface area contributed by atoms with E-state index in [1.807, 2.05) is 12.1 Å². The number of hydrogen-bond donors (Lipinski definition) is 0. The normalized spacial score (nSPS) is 11.4. The molecule has 0 aliphatic heterocycles. The lowest BCUT2D eigenvalue weighted by molar-refractivity contribution is 0.673. The molecular weight excluding hydrogens is 717 g/mol. The van der Waals surface area contributed by atoms with Crippen molar-refractivity contribution in [1.82, 2.24) is 15.0 Å². The molecule has 0 aliphatic carbocycles. The van der Waals surface area contributed by atoms with E-state index in [1.165, 1.54) is 71.2 Å². The molecule has 0 unspecified atom stereocenters. The van der Waals surface area contributed by atoms with Gasteiger partial charge in [0.1, 0.15) is 97.5 Å². The molecule has 9 rings (SSSR count). The molecule has 7 aromatic carbocycles. The van der Waals surface area contributed by atoms with Crippen LogP contribution in [0, 0.1) is 0 Å². The molecular formula is C45H40B11N3O. The maximum absolute atomic E-state index is 7.19. The molecule has 4 nitrogen and oxygen atoms in total. The van der Waals surface area contributed by atoms with Gasteiger partial charge in [0.15, 0.2) is 17.5 Å². The fraction of sp³-hybridized carbons (Fsp3) is 0. The molecule has 0 atom stereocenters. The summed E-state index contributed by atoms with van der Waals surface area (Å²) in [4.78, 5) is 16.0. The topological polar surface area (TPSA) is 51.8 Å². The van der Waals surface area contributed by atoms with Gasteiger partial charge in [-0.15, -0.1) is 21.9 Å². The Morgan fingerprint density at radius 2 is 0.633 bits per heavy atom. The third kappa shape index (κ3) is 6.36. The predicted octanol–water partition coefficient (Wildman–Crippen LogP) is -7.38. The molecule has 0 amide bonds. The van der Waals surface area contributed by atoms with Gasteiger partial charge in [0.05, 0.1) is 0 Å². The van der Waals surface area contributed by atoms with E-state index in [1.54, 1.807) is 0 Å². The van der Waals surface area contributed by atoms with Crippen LogP contribution in [-0.2, 0) is 0 Å². The average Bonchev–Trinajstić information content (AvgIpc) is 3.69. The Bertz CT molecular complexity index is 3060. The summed E-state index contributed by atoms with van der Waals surface area (Å²) in [6.07, 6.45) is 0. The van der Waals surface area contributed by atoms with Gasteiger partial charge >= 0.3 is 0 Å². The van der Waals surface area contributed by atoms with E-state index in [-0.39, 0.29) is 0 Å². The lowest BCUT2D eigenvalue weighted by Gasteiger charge is -2.24. The highest BCUT2D eigenvalue weighted by Crippen LogP contribution is 2.35. The Labute approximate surface area is 362 Å². The van der Waals surface area contributed by atoms with Crippen LogP contribution in [0.25, 0.3) is 89.5 Å². The van der Waals surface area contributed by atoms with Crippen molar-refractivity contribution in [3.8, 4) is 67.5 Å². The largest absolute Gasteiger partial charge is 0.456 e. The van der Waals surface area contributed by atoms with Crippen molar-refractivity contribution in [3.63, 3.8) is 0 Å². The van der Waals surface area contributed by atoms with E-state index in [0.717, 1.165) is 60.9 Å². The van der Waals surface area contributed by atoms with Crippen LogP contribution >= 0.6 is 0 Å². The maximum atomic E-state index is 7.19. The van der Waals surface area contributed by atoms with Crippen LogP contribution < -0.4 is 60.1 Å². The van der Waals surface area contributed by atoms with E-state index in [4.69, 9.17) is 19.4 Å². The number of rotatable bonds is 6. The second-order valence-corrected chi connectivity index (χ2v) is 16.7. The van der Waals surface area contributed by atoms with Gasteiger partial charge in [0.2, 0.25) is 0 Å². The lowest BCUT2D eigenvalue weighted by Crippen LogP contribution is -2.55. The summed E-state index contributed by atoms with van der Waals surface area (Å²) >= 11 is 0. The smallest absolute Gasteiger partial charge is 0.164 e. The number of furan rings is 1. The number of benzene rings is 7. The number of aromatic nitrogens is 3. The molecule has 2 aromatic heterocycles. The van der Waals surface area contributed by atoms with Crippen LogP contribution in [0.3, 0.4) is 0 Å². The molecule has 0 aliphatic rings. The van der Waals surface area contributed by atoms with Gasteiger partial charge in [0.25, 0.3) is 0 Å². The molecule has 0 spiro atoms. The molecule has 9 aromatic rings. The molecule has 0 radical (unpaired) electrons. The maximum Gasteiger partial charge on any atom is 0.164 e. The number of nitrogens with zero attached hydrogens (tertiary/aromatic N) is 3. The van der Waals surface area contributed by atoms with Crippen LogP contribution in [0.1, 0.15) is 0 Å². The van der Waals surface area contributed by atoms with Crippen molar-refractivity contribution in [2.45, 2.75) is 0 Å². The zero-order chi connectivity index (χ0) is 42.1. The van der Waals surface area contributed by atoms with Gasteiger partial charge in [-0.2, -0.15) is 0 Å². The summed E-state index contributed by atoms with van der Waals surface area (Å²) in [6, 6.07) is 38.1. The summed E-state index contributed by atoms with van der Waals surface area (Å²) in [5.41, 5.74) is 25.4. The molecule has 0 N–H and O–H groups in total. The molecule has 0 saturated carbocycles. The van der Waals surface area contributed by atoms with Gasteiger partial charge in [-0.05, 0) is 27.8 Å². The second-order valence-electron chi connectivity index (χ2n) is 16.7. The first kappa shape index (κ1) is 39.5. The Kier molecular flexibility index (Phi) is 10.1. The Balaban J connectivity index is 1.36. The Morgan fingerprint density at radius 1 is 0.267 bits per heavy atom. The van der Waals surface area contributed by atoms with Gasteiger partial charge in [-0.25, -0.2) is 15.0 Å². The van der Waals surface area contributed by atoms with E-state index >= 15 is 0 Å². The minimum absolute atomic E-state index is 0.632. The molecule has 60 heavy (non-hydrogen) atoms. The van der Waals surface area contributed by atoms with Crippen molar-refractivity contribution >= 4 is 168 Å². The molecule has 2 heterocycles. The van der Waals surface area contributed by atoms with E-state index in [2.05, 4.69) is 183 Å². The van der Waals surface area contributed by atoms with Crippen LogP contribution in [0.5, 0.6) is 0 Å². The molecule has 0 fully saturated rings. The number of fused-ring (bicyclic) bond motifs is 3. The van der Waals surface area contributed by atoms with Crippen molar-refractivity contribution in [2.75, 3.05) is 0 Å². The molecule has 15 heteroatoms. The average molecular weight is 758 g/mol. The van der Waals surface area contributed by atoms with Crippen LogP contribution in [0.4, 0.5) is 0 Å². The van der Waals surface area contributed by atoms with Gasteiger partial charge in [-0.3, -0.25) is 0 Å². The van der Waals surface area contributed by atoms with Gasteiger partial charge in [-0.1, -0.05) is 147 Å². The van der Waals surface area contributed by atoms with Crippen LogP contribution in [0.15, 0.2) is 114 Å². The Morgan fingerprint density at radius 3 is 1.12 bits per heavy atom. The summed E-state index contributed by atoms with van der Waals surface area (Å²) < 4.78 is 7.19. The highest BCUT2D eigenvalue weighted by molar-refractivity contribution is 6.71. The van der Waals surface area contributed by atoms with Crippen molar-refractivity contribution < 1.29 is 4.42 Å². The first-order chi connectivity index (χ1) is 28.8. The van der Waals surface area contributed by atoms with Crippen LogP contribution in [0.2, 0.25) is 0 Å². The van der Waals surface area contributed by atoms with Crippen molar-refractivity contribution in [3.05, 3.63) is 109 Å². The highest BCUT2D eigenvalue weighted by atomic mass is 16.3. The fourth-order valence-corrected chi connectivity index (χ4v) is 9.35. The summed E-state index contributed by atoms with van der Waals surface area (Å²) in [6.45, 7) is 0.